The van der Waals surface area contributed by atoms with Crippen molar-refractivity contribution in [1.82, 2.24) is 24.6 Å². The number of hydrogen-bond donors (Lipinski definition) is 0. The summed E-state index contributed by atoms with van der Waals surface area (Å²) in [6.07, 6.45) is 5.55. The van der Waals surface area contributed by atoms with Gasteiger partial charge in [-0.1, -0.05) is 72.3 Å². The van der Waals surface area contributed by atoms with E-state index in [1.165, 1.54) is 0 Å². The van der Waals surface area contributed by atoms with Crippen LogP contribution in [0.3, 0.4) is 0 Å². The highest BCUT2D eigenvalue weighted by Crippen LogP contribution is 2.32. The third-order valence-corrected chi connectivity index (χ3v) is 6.35. The van der Waals surface area contributed by atoms with Crippen molar-refractivity contribution in [3.63, 3.8) is 0 Å². The smallest absolute Gasteiger partial charge is 0.161 e. The zero-order valence-electron chi connectivity index (χ0n) is 18.1. The van der Waals surface area contributed by atoms with Crippen molar-refractivity contribution in [3.05, 3.63) is 90.0 Å². The van der Waals surface area contributed by atoms with Gasteiger partial charge in [0.05, 0.1) is 16.4 Å². The largest absolute Gasteiger partial charge is 0.299 e. The Morgan fingerprint density at radius 2 is 1.52 bits per heavy atom. The van der Waals surface area contributed by atoms with Gasteiger partial charge in [-0.15, -0.1) is 0 Å². The van der Waals surface area contributed by atoms with Crippen molar-refractivity contribution in [2.24, 2.45) is 0 Å². The molecule has 0 saturated carbocycles. The SMILES string of the molecule is O=CC(N1CCC(c2ncc(Cl)cn2)CC1)n1nc(-c2ccccc2)cc1-c1ccccc1. The van der Waals surface area contributed by atoms with Crippen LogP contribution in [-0.4, -0.2) is 44.0 Å². The van der Waals surface area contributed by atoms with Gasteiger partial charge in [0, 0.05) is 37.0 Å². The van der Waals surface area contributed by atoms with Crippen molar-refractivity contribution in [3.8, 4) is 22.5 Å². The molecule has 7 heteroatoms. The fraction of sp³-hybridized carbons (Fsp3) is 0.231. The van der Waals surface area contributed by atoms with E-state index in [0.717, 1.165) is 60.6 Å². The molecule has 0 radical (unpaired) electrons. The van der Waals surface area contributed by atoms with Gasteiger partial charge in [-0.05, 0) is 24.5 Å². The second kappa shape index (κ2) is 9.65. The minimum atomic E-state index is -0.482. The summed E-state index contributed by atoms with van der Waals surface area (Å²) in [6.45, 7) is 1.52. The maximum absolute atomic E-state index is 12.4. The molecule has 1 atom stereocenters. The number of aldehydes is 1. The molecule has 0 spiro atoms. The van der Waals surface area contributed by atoms with E-state index in [1.807, 2.05) is 65.3 Å². The van der Waals surface area contributed by atoms with Crippen LogP contribution in [0.1, 0.15) is 30.7 Å². The summed E-state index contributed by atoms with van der Waals surface area (Å²) in [5, 5.41) is 5.43. The van der Waals surface area contributed by atoms with Gasteiger partial charge in [0.25, 0.3) is 0 Å². The van der Waals surface area contributed by atoms with Crippen LogP contribution >= 0.6 is 11.6 Å². The summed E-state index contributed by atoms with van der Waals surface area (Å²) in [4.78, 5) is 23.4. The molecular weight excluding hydrogens is 434 g/mol. The molecule has 0 N–H and O–H groups in total. The number of nitrogens with zero attached hydrogens (tertiary/aromatic N) is 5. The van der Waals surface area contributed by atoms with Crippen molar-refractivity contribution in [2.75, 3.05) is 13.1 Å². The predicted molar refractivity (Wildman–Crippen MR) is 129 cm³/mol. The number of benzene rings is 2. The van der Waals surface area contributed by atoms with E-state index in [0.29, 0.717) is 5.02 Å². The van der Waals surface area contributed by atoms with Gasteiger partial charge in [0.15, 0.2) is 12.5 Å². The van der Waals surface area contributed by atoms with Gasteiger partial charge in [-0.3, -0.25) is 9.69 Å². The Balaban J connectivity index is 1.44. The Labute approximate surface area is 197 Å². The van der Waals surface area contributed by atoms with Gasteiger partial charge >= 0.3 is 0 Å². The molecule has 6 nitrogen and oxygen atoms in total. The molecule has 0 bridgehead atoms. The van der Waals surface area contributed by atoms with Crippen LogP contribution < -0.4 is 0 Å². The number of carbonyl (C=O) groups is 1. The second-order valence-electron chi connectivity index (χ2n) is 8.21. The van der Waals surface area contributed by atoms with Crippen LogP contribution in [0.15, 0.2) is 79.1 Å². The summed E-state index contributed by atoms with van der Waals surface area (Å²) < 4.78 is 1.86. The number of hydrogen-bond acceptors (Lipinski definition) is 5. The Kier molecular flexibility index (Phi) is 6.28. The van der Waals surface area contributed by atoms with E-state index in [1.54, 1.807) is 12.4 Å². The van der Waals surface area contributed by atoms with Crippen LogP contribution in [0, 0.1) is 0 Å². The Bertz CT molecular complexity index is 1200. The average Bonchev–Trinajstić information content (AvgIpc) is 3.32. The third-order valence-electron chi connectivity index (χ3n) is 6.16. The number of likely N-dealkylation sites (tertiary alicyclic amines) is 1. The zero-order chi connectivity index (χ0) is 22.6. The molecule has 166 valence electrons. The quantitative estimate of drug-likeness (QED) is 0.370. The molecule has 2 aromatic carbocycles. The molecule has 0 aliphatic carbocycles. The number of halogens is 1. The average molecular weight is 458 g/mol. The van der Waals surface area contributed by atoms with E-state index in [-0.39, 0.29) is 5.92 Å². The molecule has 2 aromatic heterocycles. The lowest BCUT2D eigenvalue weighted by atomic mass is 9.95. The number of piperidine rings is 1. The minimum absolute atomic E-state index is 0.261. The van der Waals surface area contributed by atoms with E-state index in [9.17, 15) is 4.79 Å². The maximum atomic E-state index is 12.4. The fourth-order valence-corrected chi connectivity index (χ4v) is 4.52. The first-order chi connectivity index (χ1) is 16.2. The molecule has 0 amide bonds. The van der Waals surface area contributed by atoms with Crippen molar-refractivity contribution in [1.29, 1.82) is 0 Å². The molecular formula is C26H24ClN5O. The van der Waals surface area contributed by atoms with Gasteiger partial charge in [0.1, 0.15) is 5.82 Å². The summed E-state index contributed by atoms with van der Waals surface area (Å²) in [5.74, 6) is 1.08. The van der Waals surface area contributed by atoms with Crippen LogP contribution in [0.4, 0.5) is 0 Å². The molecule has 4 aromatic rings. The molecule has 3 heterocycles. The first-order valence-electron chi connectivity index (χ1n) is 11.1. The lowest BCUT2D eigenvalue weighted by Gasteiger charge is -2.35. The molecule has 5 rings (SSSR count). The molecule has 1 unspecified atom stereocenters. The summed E-state index contributed by atoms with van der Waals surface area (Å²) in [7, 11) is 0. The Hall–Kier alpha value is -3.35. The first kappa shape index (κ1) is 21.5. The van der Waals surface area contributed by atoms with E-state index in [4.69, 9.17) is 16.7 Å². The molecule has 1 aliphatic rings. The normalized spacial score (nSPS) is 15.9. The first-order valence-corrected chi connectivity index (χ1v) is 11.5. The lowest BCUT2D eigenvalue weighted by Crippen LogP contribution is -2.40. The number of carbonyl (C=O) groups excluding carboxylic acids is 1. The number of rotatable bonds is 6. The van der Waals surface area contributed by atoms with Crippen LogP contribution in [0.2, 0.25) is 5.02 Å². The summed E-state index contributed by atoms with van der Waals surface area (Å²) in [5.41, 5.74) is 3.83. The summed E-state index contributed by atoms with van der Waals surface area (Å²) >= 11 is 5.93. The maximum Gasteiger partial charge on any atom is 0.161 e. The monoisotopic (exact) mass is 457 g/mol. The van der Waals surface area contributed by atoms with Gasteiger partial charge < -0.3 is 0 Å². The van der Waals surface area contributed by atoms with Crippen LogP contribution in [0.5, 0.6) is 0 Å². The number of aromatic nitrogens is 4. The molecule has 1 aliphatic heterocycles. The van der Waals surface area contributed by atoms with E-state index in [2.05, 4.69) is 20.9 Å². The highest BCUT2D eigenvalue weighted by atomic mass is 35.5. The predicted octanol–water partition coefficient (Wildman–Crippen LogP) is 5.24. The minimum Gasteiger partial charge on any atom is -0.299 e. The van der Waals surface area contributed by atoms with Gasteiger partial charge in [0.2, 0.25) is 0 Å². The van der Waals surface area contributed by atoms with Crippen molar-refractivity contribution >= 4 is 17.9 Å². The van der Waals surface area contributed by atoms with Gasteiger partial charge in [-0.25, -0.2) is 14.6 Å². The van der Waals surface area contributed by atoms with Crippen molar-refractivity contribution < 1.29 is 4.79 Å². The molecule has 1 fully saturated rings. The Morgan fingerprint density at radius 1 is 0.909 bits per heavy atom. The highest BCUT2D eigenvalue weighted by molar-refractivity contribution is 6.30. The standard InChI is InChI=1S/C26H24ClN5O/c27-22-16-28-26(29-17-22)21-11-13-31(14-12-21)25(18-33)32-24(20-9-5-2-6-10-20)15-23(30-32)19-7-3-1-4-8-19/h1-10,15-18,21,25H,11-14H2. The van der Waals surface area contributed by atoms with E-state index < -0.39 is 6.17 Å². The van der Waals surface area contributed by atoms with Crippen LogP contribution in [-0.2, 0) is 4.79 Å². The van der Waals surface area contributed by atoms with E-state index >= 15 is 0 Å². The molecule has 1 saturated heterocycles. The topological polar surface area (TPSA) is 63.9 Å². The van der Waals surface area contributed by atoms with Gasteiger partial charge in [-0.2, -0.15) is 5.10 Å². The third kappa shape index (κ3) is 4.58. The fourth-order valence-electron chi connectivity index (χ4n) is 4.42. The second-order valence-corrected chi connectivity index (χ2v) is 8.65. The lowest BCUT2D eigenvalue weighted by molar-refractivity contribution is -0.116. The summed E-state index contributed by atoms with van der Waals surface area (Å²) in [6, 6.07) is 22.2. The zero-order valence-corrected chi connectivity index (χ0v) is 18.8. The highest BCUT2D eigenvalue weighted by Gasteiger charge is 2.30. The molecule has 33 heavy (non-hydrogen) atoms. The van der Waals surface area contributed by atoms with Crippen molar-refractivity contribution in [2.45, 2.75) is 24.9 Å². The van der Waals surface area contributed by atoms with Crippen LogP contribution in [0.25, 0.3) is 22.5 Å². The Morgan fingerprint density at radius 3 is 2.12 bits per heavy atom.